The van der Waals surface area contributed by atoms with Crippen LogP contribution in [0.1, 0.15) is 32.8 Å². The van der Waals surface area contributed by atoms with Gasteiger partial charge in [-0.1, -0.05) is 0 Å². The highest BCUT2D eigenvalue weighted by atomic mass is 35.5. The lowest BCUT2D eigenvalue weighted by Gasteiger charge is -2.26. The average molecular weight is 444 g/mol. The lowest BCUT2D eigenvalue weighted by Crippen LogP contribution is -2.38. The van der Waals surface area contributed by atoms with Gasteiger partial charge in [-0.2, -0.15) is 0 Å². The molecule has 9 heteroatoms. The number of alkyl halides is 2. The van der Waals surface area contributed by atoms with Gasteiger partial charge in [0.15, 0.2) is 0 Å². The molecule has 161 valence electrons. The molecule has 29 heavy (non-hydrogen) atoms. The van der Waals surface area contributed by atoms with E-state index in [0.29, 0.717) is 43.2 Å². The van der Waals surface area contributed by atoms with Gasteiger partial charge in [-0.3, -0.25) is 4.79 Å². The number of carbonyl (C=O) groups is 2. The Morgan fingerprint density at radius 3 is 2.45 bits per heavy atom. The second-order valence-corrected chi connectivity index (χ2v) is 8.28. The Labute approximate surface area is 184 Å². The fourth-order valence-corrected chi connectivity index (χ4v) is 3.32. The minimum absolute atomic E-state index is 0.113. The van der Waals surface area contributed by atoms with Crippen LogP contribution >= 0.6 is 23.2 Å². The molecule has 1 rings (SSSR count). The molecule has 1 N–H and O–H groups in total. The molecule has 0 spiro atoms. The highest BCUT2D eigenvalue weighted by Gasteiger charge is 2.22. The van der Waals surface area contributed by atoms with Crippen molar-refractivity contribution in [3.05, 3.63) is 23.8 Å². The van der Waals surface area contributed by atoms with E-state index < -0.39 is 5.60 Å². The largest absolute Gasteiger partial charge is 0.496 e. The van der Waals surface area contributed by atoms with Gasteiger partial charge in [0.1, 0.15) is 11.4 Å². The molecule has 0 aliphatic carbocycles. The molecule has 0 saturated heterocycles. The number of esters is 1. The number of carbonyl (C=O) groups excluding carboxylic acids is 2. The summed E-state index contributed by atoms with van der Waals surface area (Å²) >= 11 is 11.8. The van der Waals surface area contributed by atoms with E-state index in [-0.39, 0.29) is 18.4 Å². The maximum absolute atomic E-state index is 12.3. The predicted octanol–water partition coefficient (Wildman–Crippen LogP) is 3.02. The van der Waals surface area contributed by atoms with Crippen LogP contribution in [0.15, 0.2) is 18.2 Å². The van der Waals surface area contributed by atoms with E-state index in [9.17, 15) is 9.59 Å². The van der Waals surface area contributed by atoms with E-state index in [1.807, 2.05) is 39.0 Å². The number of hydrogen-bond donors (Lipinski definition) is 1. The monoisotopic (exact) mass is 443 g/mol. The van der Waals surface area contributed by atoms with Crippen molar-refractivity contribution in [2.75, 3.05) is 36.9 Å². The van der Waals surface area contributed by atoms with Gasteiger partial charge in [0.25, 0.3) is 7.41 Å². The first-order chi connectivity index (χ1) is 13.7. The molecular formula is C20H30BCl2N2O4. The molecule has 0 amide bonds. The fraction of sp³-hybridized carbons (Fsp3) is 0.600. The van der Waals surface area contributed by atoms with E-state index in [1.165, 1.54) is 7.41 Å². The summed E-state index contributed by atoms with van der Waals surface area (Å²) < 4.78 is 10.9. The van der Waals surface area contributed by atoms with Crippen molar-refractivity contribution in [2.45, 2.75) is 45.3 Å². The fourth-order valence-electron chi connectivity index (χ4n) is 2.91. The highest BCUT2D eigenvalue weighted by molar-refractivity contribution is 6.64. The molecular weight excluding hydrogens is 414 g/mol. The summed E-state index contributed by atoms with van der Waals surface area (Å²) in [6.07, 6.45) is 1.23. The molecule has 0 aliphatic heterocycles. The molecule has 1 aromatic carbocycles. The summed E-state index contributed by atoms with van der Waals surface area (Å²) in [4.78, 5) is 25.2. The zero-order chi connectivity index (χ0) is 21.9. The Bertz CT molecular complexity index is 650. The third-order valence-corrected chi connectivity index (χ3v) is 4.38. The zero-order valence-corrected chi connectivity index (χ0v) is 19.1. The Morgan fingerprint density at radius 1 is 1.28 bits per heavy atom. The number of nitrogens with zero attached hydrogens (tertiary/aromatic N) is 1. The van der Waals surface area contributed by atoms with Crippen LogP contribution in [0.25, 0.3) is 0 Å². The van der Waals surface area contributed by atoms with Crippen molar-refractivity contribution in [3.8, 4) is 5.75 Å². The number of nitrogens with one attached hydrogen (secondary N) is 1. The summed E-state index contributed by atoms with van der Waals surface area (Å²) in [7, 11) is 2.89. The van der Waals surface area contributed by atoms with E-state index in [1.54, 1.807) is 7.11 Å². The van der Waals surface area contributed by atoms with Crippen LogP contribution in [0, 0.1) is 0 Å². The number of benzene rings is 1. The van der Waals surface area contributed by atoms with E-state index in [0.717, 1.165) is 11.3 Å². The predicted molar refractivity (Wildman–Crippen MR) is 120 cm³/mol. The maximum atomic E-state index is 12.3. The third kappa shape index (κ3) is 9.74. The van der Waals surface area contributed by atoms with Crippen molar-refractivity contribution in [3.63, 3.8) is 0 Å². The topological polar surface area (TPSA) is 67.9 Å². The van der Waals surface area contributed by atoms with Gasteiger partial charge in [-0.05, 0) is 51.0 Å². The van der Waals surface area contributed by atoms with E-state index >= 15 is 0 Å². The van der Waals surface area contributed by atoms with Crippen molar-refractivity contribution in [1.29, 1.82) is 0 Å². The number of halogens is 2. The summed E-state index contributed by atoms with van der Waals surface area (Å²) in [6, 6.07) is 5.51. The van der Waals surface area contributed by atoms with Crippen LogP contribution in [-0.2, 0) is 20.7 Å². The third-order valence-electron chi connectivity index (χ3n) is 4.04. The SMILES string of the molecule is COc1ccc(N(CCCl)CCCl)cc1C[C@@H](CC(=O)OC(C)(C)C)N[B]C=O. The van der Waals surface area contributed by atoms with Gasteiger partial charge < -0.3 is 24.4 Å². The second-order valence-electron chi connectivity index (χ2n) is 7.52. The van der Waals surface area contributed by atoms with Gasteiger partial charge in [-0.15, -0.1) is 23.2 Å². The Morgan fingerprint density at radius 2 is 1.93 bits per heavy atom. The summed E-state index contributed by atoms with van der Waals surface area (Å²) in [5, 5.41) is 2.98. The van der Waals surface area contributed by atoms with Crippen molar-refractivity contribution < 1.29 is 19.1 Å². The second kappa shape index (κ2) is 13.0. The van der Waals surface area contributed by atoms with Gasteiger partial charge in [0, 0.05) is 36.6 Å². The molecule has 0 aromatic heterocycles. The number of methoxy groups -OCH3 is 1. The Balaban J connectivity index is 3.06. The number of hydrogen-bond acceptors (Lipinski definition) is 6. The molecule has 0 heterocycles. The Hall–Kier alpha value is -1.44. The first-order valence-electron chi connectivity index (χ1n) is 9.52. The highest BCUT2D eigenvalue weighted by Crippen LogP contribution is 2.27. The number of rotatable bonds is 13. The van der Waals surface area contributed by atoms with Crippen molar-refractivity contribution in [1.82, 2.24) is 5.23 Å². The molecule has 1 radical (unpaired) electrons. The van der Waals surface area contributed by atoms with Gasteiger partial charge >= 0.3 is 5.97 Å². The average Bonchev–Trinajstić information content (AvgIpc) is 2.64. The first-order valence-corrected chi connectivity index (χ1v) is 10.6. The van der Waals surface area contributed by atoms with Crippen LogP contribution < -0.4 is 14.9 Å². The number of ether oxygens (including phenoxy) is 2. The van der Waals surface area contributed by atoms with Gasteiger partial charge in [-0.25, -0.2) is 0 Å². The van der Waals surface area contributed by atoms with Gasteiger partial charge in [0.2, 0.25) is 0 Å². The smallest absolute Gasteiger partial charge is 0.307 e. The molecule has 6 nitrogen and oxygen atoms in total. The van der Waals surface area contributed by atoms with Crippen LogP contribution in [0.3, 0.4) is 0 Å². The van der Waals surface area contributed by atoms with Crippen LogP contribution in [-0.4, -0.2) is 63.2 Å². The molecule has 0 fully saturated rings. The summed E-state index contributed by atoms with van der Waals surface area (Å²) in [5.41, 5.74) is 1.30. The zero-order valence-electron chi connectivity index (χ0n) is 17.5. The van der Waals surface area contributed by atoms with Crippen LogP contribution in [0.4, 0.5) is 5.69 Å². The quantitative estimate of drug-likeness (QED) is 0.219. The molecule has 0 aliphatic rings. The minimum Gasteiger partial charge on any atom is -0.496 e. The standard InChI is InChI=1S/C20H30BCl2N2O4/c1-20(2,3)29-19(27)13-16(24-21-14-26)11-15-12-17(5-6-18(15)28-4)25(9-7-22)10-8-23/h5-6,12,14,16,24H,7-11,13H2,1-4H3/t16-/m0/s1. The maximum Gasteiger partial charge on any atom is 0.307 e. The minimum atomic E-state index is -0.572. The van der Waals surface area contributed by atoms with Gasteiger partial charge in [0.05, 0.1) is 19.7 Å². The first kappa shape index (κ1) is 25.6. The normalized spacial score (nSPS) is 12.2. The Kier molecular flexibility index (Phi) is 11.5. The molecule has 0 bridgehead atoms. The van der Waals surface area contributed by atoms with Crippen LogP contribution in [0.5, 0.6) is 5.75 Å². The van der Waals surface area contributed by atoms with Crippen molar-refractivity contribution >= 4 is 48.5 Å². The summed E-state index contributed by atoms with van der Waals surface area (Å²) in [5.74, 6) is 1.33. The lowest BCUT2D eigenvalue weighted by atomic mass is 9.92. The molecule has 1 atom stereocenters. The number of anilines is 1. The van der Waals surface area contributed by atoms with E-state index in [2.05, 4.69) is 10.1 Å². The molecule has 1 aromatic rings. The molecule has 0 unspecified atom stereocenters. The molecule has 0 saturated carbocycles. The summed E-state index contributed by atoms with van der Waals surface area (Å²) in [6.45, 7) is 6.79. The van der Waals surface area contributed by atoms with E-state index in [4.69, 9.17) is 32.7 Å². The van der Waals surface area contributed by atoms with Crippen LogP contribution in [0.2, 0.25) is 0 Å². The van der Waals surface area contributed by atoms with Crippen molar-refractivity contribution in [2.24, 2.45) is 0 Å². The lowest BCUT2D eigenvalue weighted by molar-refractivity contribution is -0.155.